The van der Waals surface area contributed by atoms with Crippen molar-refractivity contribution < 1.29 is 24.2 Å². The number of carbonyl (C=O) groups is 3. The van der Waals surface area contributed by atoms with Gasteiger partial charge in [-0.2, -0.15) is 0 Å². The van der Waals surface area contributed by atoms with Crippen LogP contribution in [0.5, 0.6) is 0 Å². The number of anilines is 1. The average Bonchev–Trinajstić information content (AvgIpc) is 2.84. The van der Waals surface area contributed by atoms with Crippen molar-refractivity contribution in [3.63, 3.8) is 0 Å². The van der Waals surface area contributed by atoms with Crippen LogP contribution in [0.1, 0.15) is 22.3 Å². The standard InChI is InChI=1S/C19H17NO5/c1-25-17(22)12-20-15-10-6-5-9-14(15)19(24,18(20)23)11-16(21)13-7-3-2-4-8-13/h2-10,24H,11-12H2,1H3/t19-/m0/s1. The molecule has 2 aromatic carbocycles. The van der Waals surface area contributed by atoms with E-state index < -0.39 is 23.9 Å². The highest BCUT2D eigenvalue weighted by Crippen LogP contribution is 2.42. The van der Waals surface area contributed by atoms with E-state index in [1.54, 1.807) is 54.6 Å². The zero-order valence-electron chi connectivity index (χ0n) is 13.6. The Morgan fingerprint density at radius 3 is 2.40 bits per heavy atom. The fourth-order valence-corrected chi connectivity index (χ4v) is 2.99. The lowest BCUT2D eigenvalue weighted by Crippen LogP contribution is -2.43. The number of methoxy groups -OCH3 is 1. The lowest BCUT2D eigenvalue weighted by Gasteiger charge is -2.22. The van der Waals surface area contributed by atoms with Crippen molar-refractivity contribution in [2.24, 2.45) is 0 Å². The minimum Gasteiger partial charge on any atom is -0.468 e. The maximum atomic E-state index is 12.8. The summed E-state index contributed by atoms with van der Waals surface area (Å²) in [5.74, 6) is -1.67. The number of fused-ring (bicyclic) bond motifs is 1. The van der Waals surface area contributed by atoms with Crippen LogP contribution in [0, 0.1) is 0 Å². The Kier molecular flexibility index (Phi) is 4.37. The van der Waals surface area contributed by atoms with Crippen molar-refractivity contribution in [3.8, 4) is 0 Å². The molecular formula is C19H17NO5. The summed E-state index contributed by atoms with van der Waals surface area (Å²) in [7, 11) is 1.22. The van der Waals surface area contributed by atoms with E-state index in [0.29, 0.717) is 16.8 Å². The molecule has 1 heterocycles. The molecule has 0 fully saturated rings. The molecule has 6 nitrogen and oxygen atoms in total. The Bertz CT molecular complexity index is 833. The first-order chi connectivity index (χ1) is 12.0. The van der Waals surface area contributed by atoms with E-state index in [4.69, 9.17) is 0 Å². The molecule has 0 saturated carbocycles. The molecule has 0 radical (unpaired) electrons. The van der Waals surface area contributed by atoms with Crippen LogP contribution in [-0.2, 0) is 19.9 Å². The molecule has 1 N–H and O–H groups in total. The summed E-state index contributed by atoms with van der Waals surface area (Å²) >= 11 is 0. The maximum absolute atomic E-state index is 12.8. The third-order valence-electron chi connectivity index (χ3n) is 4.27. The SMILES string of the molecule is COC(=O)CN1C(=O)[C@](O)(CC(=O)c2ccccc2)c2ccccc21. The normalized spacial score (nSPS) is 18.8. The maximum Gasteiger partial charge on any atom is 0.325 e. The van der Waals surface area contributed by atoms with Crippen LogP contribution in [0.25, 0.3) is 0 Å². The molecule has 0 saturated heterocycles. The van der Waals surface area contributed by atoms with Gasteiger partial charge < -0.3 is 9.84 Å². The van der Waals surface area contributed by atoms with Crippen LogP contribution in [0.15, 0.2) is 54.6 Å². The number of nitrogens with zero attached hydrogens (tertiary/aromatic N) is 1. The minimum absolute atomic E-state index is 0.313. The van der Waals surface area contributed by atoms with Gasteiger partial charge in [0.1, 0.15) is 6.54 Å². The quantitative estimate of drug-likeness (QED) is 0.662. The van der Waals surface area contributed by atoms with Gasteiger partial charge in [-0.15, -0.1) is 0 Å². The number of hydrogen-bond donors (Lipinski definition) is 1. The fourth-order valence-electron chi connectivity index (χ4n) is 2.99. The summed E-state index contributed by atoms with van der Waals surface area (Å²) in [6.45, 7) is -0.325. The molecule has 6 heteroatoms. The lowest BCUT2D eigenvalue weighted by molar-refractivity contribution is -0.142. The van der Waals surface area contributed by atoms with Gasteiger partial charge in [0.15, 0.2) is 11.4 Å². The third kappa shape index (κ3) is 2.92. The summed E-state index contributed by atoms with van der Waals surface area (Å²) in [5.41, 5.74) is -0.876. The highest BCUT2D eigenvalue weighted by atomic mass is 16.5. The number of Topliss-reactive ketones (excluding diaryl/α,β-unsaturated/α-hetero) is 1. The topological polar surface area (TPSA) is 83.9 Å². The predicted octanol–water partition coefficient (Wildman–Crippen LogP) is 1.67. The molecule has 25 heavy (non-hydrogen) atoms. The van der Waals surface area contributed by atoms with Crippen LogP contribution >= 0.6 is 0 Å². The van der Waals surface area contributed by atoms with Crippen LogP contribution in [0.3, 0.4) is 0 Å². The molecule has 128 valence electrons. The third-order valence-corrected chi connectivity index (χ3v) is 4.27. The summed E-state index contributed by atoms with van der Waals surface area (Å²) in [4.78, 5) is 38.1. The summed E-state index contributed by atoms with van der Waals surface area (Å²) < 4.78 is 4.61. The highest BCUT2D eigenvalue weighted by Gasteiger charge is 2.51. The molecular weight excluding hydrogens is 322 g/mol. The second kappa shape index (κ2) is 6.49. The molecule has 0 aromatic heterocycles. The molecule has 1 amide bonds. The zero-order chi connectivity index (χ0) is 18.0. The number of rotatable bonds is 5. The number of para-hydroxylation sites is 1. The molecule has 0 unspecified atom stereocenters. The molecule has 1 aliphatic rings. The monoisotopic (exact) mass is 339 g/mol. The van der Waals surface area contributed by atoms with E-state index in [9.17, 15) is 19.5 Å². The summed E-state index contributed by atoms with van der Waals surface area (Å²) in [6.07, 6.45) is -0.398. The number of hydrogen-bond acceptors (Lipinski definition) is 5. The second-order valence-electron chi connectivity index (χ2n) is 5.81. The molecule has 1 atom stereocenters. The van der Waals surface area contributed by atoms with Gasteiger partial charge in [-0.3, -0.25) is 19.3 Å². The van der Waals surface area contributed by atoms with Crippen molar-refractivity contribution in [3.05, 3.63) is 65.7 Å². The van der Waals surface area contributed by atoms with Gasteiger partial charge in [-0.1, -0.05) is 48.5 Å². The van der Waals surface area contributed by atoms with Gasteiger partial charge in [-0.25, -0.2) is 0 Å². The first-order valence-corrected chi connectivity index (χ1v) is 7.76. The number of ketones is 1. The Morgan fingerprint density at radius 2 is 1.72 bits per heavy atom. The number of esters is 1. The van der Waals surface area contributed by atoms with Gasteiger partial charge >= 0.3 is 5.97 Å². The Morgan fingerprint density at radius 1 is 1.08 bits per heavy atom. The smallest absolute Gasteiger partial charge is 0.325 e. The van der Waals surface area contributed by atoms with Gasteiger partial charge in [0.05, 0.1) is 19.2 Å². The van der Waals surface area contributed by atoms with E-state index in [2.05, 4.69) is 4.74 Å². The zero-order valence-corrected chi connectivity index (χ0v) is 13.6. The summed E-state index contributed by atoms with van der Waals surface area (Å²) in [6, 6.07) is 15.0. The Balaban J connectivity index is 1.96. The molecule has 1 aliphatic heterocycles. The van der Waals surface area contributed by atoms with E-state index in [-0.39, 0.29) is 12.3 Å². The molecule has 3 rings (SSSR count). The van der Waals surface area contributed by atoms with Gasteiger partial charge in [-0.05, 0) is 6.07 Å². The van der Waals surface area contributed by atoms with Crippen molar-refractivity contribution in [2.45, 2.75) is 12.0 Å². The second-order valence-corrected chi connectivity index (χ2v) is 5.81. The number of carbonyl (C=O) groups excluding carboxylic acids is 3. The number of aliphatic hydroxyl groups is 1. The average molecular weight is 339 g/mol. The molecule has 2 aromatic rings. The Labute approximate surface area is 144 Å². The van der Waals surface area contributed by atoms with Crippen LogP contribution < -0.4 is 4.90 Å². The number of benzene rings is 2. The van der Waals surface area contributed by atoms with E-state index in [1.165, 1.54) is 7.11 Å². The molecule has 0 bridgehead atoms. The van der Waals surface area contributed by atoms with Gasteiger partial charge in [0.25, 0.3) is 5.91 Å². The first kappa shape index (κ1) is 16.9. The Hall–Kier alpha value is -2.99. The largest absolute Gasteiger partial charge is 0.468 e. The highest BCUT2D eigenvalue weighted by molar-refractivity contribution is 6.12. The fraction of sp³-hybridized carbons (Fsp3) is 0.211. The van der Waals surface area contributed by atoms with Crippen LogP contribution in [0.4, 0.5) is 5.69 Å². The predicted molar refractivity (Wildman–Crippen MR) is 90.1 cm³/mol. The number of ether oxygens (including phenoxy) is 1. The summed E-state index contributed by atoms with van der Waals surface area (Å²) in [5, 5.41) is 11.0. The number of amides is 1. The minimum atomic E-state index is -2.00. The van der Waals surface area contributed by atoms with Crippen LogP contribution in [-0.4, -0.2) is 36.4 Å². The van der Waals surface area contributed by atoms with Crippen molar-refractivity contribution in [1.29, 1.82) is 0 Å². The van der Waals surface area contributed by atoms with Crippen molar-refractivity contribution >= 4 is 23.3 Å². The molecule has 0 spiro atoms. The van der Waals surface area contributed by atoms with E-state index in [1.807, 2.05) is 0 Å². The van der Waals surface area contributed by atoms with Crippen LogP contribution in [0.2, 0.25) is 0 Å². The lowest BCUT2D eigenvalue weighted by atomic mass is 9.88. The van der Waals surface area contributed by atoms with Gasteiger partial charge in [0, 0.05) is 11.1 Å². The molecule has 0 aliphatic carbocycles. The van der Waals surface area contributed by atoms with Gasteiger partial charge in [0.2, 0.25) is 0 Å². The van der Waals surface area contributed by atoms with E-state index in [0.717, 1.165) is 4.90 Å². The van der Waals surface area contributed by atoms with Crippen molar-refractivity contribution in [1.82, 2.24) is 0 Å². The van der Waals surface area contributed by atoms with Crippen molar-refractivity contribution in [2.75, 3.05) is 18.6 Å². The first-order valence-electron chi connectivity index (χ1n) is 7.76. The van der Waals surface area contributed by atoms with E-state index >= 15 is 0 Å².